The third kappa shape index (κ3) is 3.77. The van der Waals surface area contributed by atoms with Gasteiger partial charge in [0, 0.05) is 17.1 Å². The fourth-order valence-electron chi connectivity index (χ4n) is 1.84. The van der Waals surface area contributed by atoms with Gasteiger partial charge in [0.1, 0.15) is 0 Å². The van der Waals surface area contributed by atoms with Crippen molar-refractivity contribution in [3.8, 4) is 0 Å². The lowest BCUT2D eigenvalue weighted by Crippen LogP contribution is -2.37. The Balaban J connectivity index is 2.29. The van der Waals surface area contributed by atoms with Gasteiger partial charge in [-0.3, -0.25) is 4.90 Å². The molecule has 0 aliphatic carbocycles. The molecule has 4 heteroatoms. The van der Waals surface area contributed by atoms with Crippen LogP contribution in [0.3, 0.4) is 0 Å². The monoisotopic (exact) mass is 237 g/mol. The van der Waals surface area contributed by atoms with Gasteiger partial charge in [-0.2, -0.15) is 0 Å². The van der Waals surface area contributed by atoms with Crippen LogP contribution in [0.4, 0.5) is 0 Å². The standard InChI is InChI=1S/C10H17Cl2NO/c1-8(14)9-2-4-13(5-3-9)7-10(12)6-11/h6,8-9,14H,2-5,7H2,1H3. The summed E-state index contributed by atoms with van der Waals surface area (Å²) in [5, 5.41) is 10.1. The lowest BCUT2D eigenvalue weighted by atomic mass is 9.92. The van der Waals surface area contributed by atoms with Crippen LogP contribution in [0.5, 0.6) is 0 Å². The number of likely N-dealkylation sites (tertiary alicyclic amines) is 1. The van der Waals surface area contributed by atoms with Crippen LogP contribution in [-0.4, -0.2) is 35.7 Å². The Labute approximate surface area is 95.5 Å². The van der Waals surface area contributed by atoms with Crippen molar-refractivity contribution in [2.45, 2.75) is 25.9 Å². The summed E-state index contributed by atoms with van der Waals surface area (Å²) < 4.78 is 0. The molecule has 1 rings (SSSR count). The van der Waals surface area contributed by atoms with E-state index in [2.05, 4.69) is 4.90 Å². The van der Waals surface area contributed by atoms with E-state index in [1.807, 2.05) is 6.92 Å². The van der Waals surface area contributed by atoms with Crippen LogP contribution >= 0.6 is 23.2 Å². The van der Waals surface area contributed by atoms with Crippen LogP contribution in [0, 0.1) is 5.92 Å². The first-order chi connectivity index (χ1) is 6.63. The van der Waals surface area contributed by atoms with Gasteiger partial charge in [-0.25, -0.2) is 0 Å². The van der Waals surface area contributed by atoms with Gasteiger partial charge in [0.25, 0.3) is 0 Å². The number of rotatable bonds is 3. The molecule has 1 aliphatic heterocycles. The summed E-state index contributed by atoms with van der Waals surface area (Å²) in [6.45, 7) is 4.59. The number of halogens is 2. The molecule has 82 valence electrons. The molecular formula is C10H17Cl2NO. The highest BCUT2D eigenvalue weighted by Crippen LogP contribution is 2.21. The smallest absolute Gasteiger partial charge is 0.0541 e. The van der Waals surface area contributed by atoms with Gasteiger partial charge < -0.3 is 5.11 Å². The van der Waals surface area contributed by atoms with Gasteiger partial charge in [0.2, 0.25) is 0 Å². The summed E-state index contributed by atoms with van der Waals surface area (Å²) in [5.74, 6) is 0.449. The van der Waals surface area contributed by atoms with Gasteiger partial charge in [-0.1, -0.05) is 23.2 Å². The predicted octanol–water partition coefficient (Wildman–Crippen LogP) is 2.40. The van der Waals surface area contributed by atoms with E-state index in [9.17, 15) is 5.11 Å². The van der Waals surface area contributed by atoms with Gasteiger partial charge >= 0.3 is 0 Å². The van der Waals surface area contributed by atoms with E-state index in [1.54, 1.807) is 0 Å². The maximum absolute atomic E-state index is 9.41. The molecule has 0 aromatic carbocycles. The minimum Gasteiger partial charge on any atom is -0.393 e. The number of aliphatic hydroxyl groups is 1. The lowest BCUT2D eigenvalue weighted by Gasteiger charge is -2.32. The van der Waals surface area contributed by atoms with E-state index in [0.717, 1.165) is 32.5 Å². The zero-order valence-electron chi connectivity index (χ0n) is 8.42. The van der Waals surface area contributed by atoms with Crippen molar-refractivity contribution in [3.05, 3.63) is 10.6 Å². The summed E-state index contributed by atoms with van der Waals surface area (Å²) in [4.78, 5) is 2.26. The normalized spacial score (nSPS) is 23.9. The van der Waals surface area contributed by atoms with E-state index in [0.29, 0.717) is 11.0 Å². The summed E-state index contributed by atoms with van der Waals surface area (Å²) in [5.41, 5.74) is 1.42. The molecule has 1 aliphatic rings. The molecule has 1 atom stereocenters. The highest BCUT2D eigenvalue weighted by atomic mass is 35.5. The van der Waals surface area contributed by atoms with Crippen molar-refractivity contribution in [3.63, 3.8) is 0 Å². The topological polar surface area (TPSA) is 23.5 Å². The first kappa shape index (κ1) is 12.3. The van der Waals surface area contributed by atoms with Crippen molar-refractivity contribution in [1.29, 1.82) is 0 Å². The van der Waals surface area contributed by atoms with Crippen LogP contribution in [0.1, 0.15) is 19.8 Å². The van der Waals surface area contributed by atoms with Gasteiger partial charge in [0.05, 0.1) is 6.10 Å². The third-order valence-electron chi connectivity index (χ3n) is 2.81. The van der Waals surface area contributed by atoms with Crippen LogP contribution < -0.4 is 0 Å². The van der Waals surface area contributed by atoms with Crippen molar-refractivity contribution in [2.24, 2.45) is 5.92 Å². The molecule has 1 fully saturated rings. The summed E-state index contributed by atoms with van der Waals surface area (Å²) in [6.07, 6.45) is 1.91. The second-order valence-electron chi connectivity index (χ2n) is 3.91. The number of piperidine rings is 1. The number of nitrogens with zero attached hydrogens (tertiary/aromatic N) is 1. The van der Waals surface area contributed by atoms with E-state index in [1.165, 1.54) is 5.54 Å². The van der Waals surface area contributed by atoms with Crippen LogP contribution in [0.25, 0.3) is 0 Å². The van der Waals surface area contributed by atoms with E-state index >= 15 is 0 Å². The zero-order valence-corrected chi connectivity index (χ0v) is 9.93. The van der Waals surface area contributed by atoms with Crippen molar-refractivity contribution >= 4 is 23.2 Å². The van der Waals surface area contributed by atoms with Crippen LogP contribution in [0.2, 0.25) is 0 Å². The molecule has 1 saturated heterocycles. The quantitative estimate of drug-likeness (QED) is 0.816. The summed E-state index contributed by atoms with van der Waals surface area (Å²) in [6, 6.07) is 0. The zero-order chi connectivity index (χ0) is 10.6. The first-order valence-corrected chi connectivity index (χ1v) is 5.80. The summed E-state index contributed by atoms with van der Waals surface area (Å²) >= 11 is 11.3. The Kier molecular flexibility index (Phi) is 5.24. The molecule has 0 aromatic rings. The van der Waals surface area contributed by atoms with Crippen LogP contribution in [-0.2, 0) is 0 Å². The van der Waals surface area contributed by atoms with Crippen LogP contribution in [0.15, 0.2) is 10.6 Å². The molecule has 1 heterocycles. The second-order valence-corrected chi connectivity index (χ2v) is 4.61. The van der Waals surface area contributed by atoms with E-state index < -0.39 is 0 Å². The predicted molar refractivity (Wildman–Crippen MR) is 60.6 cm³/mol. The Morgan fingerprint density at radius 2 is 2.14 bits per heavy atom. The van der Waals surface area contributed by atoms with Gasteiger partial charge in [-0.05, 0) is 38.8 Å². The Morgan fingerprint density at radius 3 is 2.57 bits per heavy atom. The molecule has 2 nitrogen and oxygen atoms in total. The average Bonchev–Trinajstić information content (AvgIpc) is 2.18. The molecule has 0 spiro atoms. The molecular weight excluding hydrogens is 221 g/mol. The number of hydrogen-bond acceptors (Lipinski definition) is 2. The SMILES string of the molecule is CC(O)C1CCN(CC(Cl)=CCl)CC1. The highest BCUT2D eigenvalue weighted by molar-refractivity contribution is 6.36. The average molecular weight is 238 g/mol. The second kappa shape index (κ2) is 5.96. The van der Waals surface area contributed by atoms with E-state index in [-0.39, 0.29) is 6.10 Å². The minimum atomic E-state index is -0.184. The molecule has 0 bridgehead atoms. The van der Waals surface area contributed by atoms with Gasteiger partial charge in [0.15, 0.2) is 0 Å². The molecule has 0 amide bonds. The van der Waals surface area contributed by atoms with Crippen molar-refractivity contribution < 1.29 is 5.11 Å². The Morgan fingerprint density at radius 1 is 1.57 bits per heavy atom. The molecule has 0 saturated carbocycles. The largest absolute Gasteiger partial charge is 0.393 e. The minimum absolute atomic E-state index is 0.184. The fourth-order valence-corrected chi connectivity index (χ4v) is 2.08. The lowest BCUT2D eigenvalue weighted by molar-refractivity contribution is 0.0753. The number of aliphatic hydroxyl groups excluding tert-OH is 1. The van der Waals surface area contributed by atoms with Crippen molar-refractivity contribution in [2.75, 3.05) is 19.6 Å². The first-order valence-electron chi connectivity index (χ1n) is 4.98. The molecule has 14 heavy (non-hydrogen) atoms. The van der Waals surface area contributed by atoms with E-state index in [4.69, 9.17) is 23.2 Å². The maximum atomic E-state index is 9.41. The third-order valence-corrected chi connectivity index (χ3v) is 3.41. The number of hydrogen-bond donors (Lipinski definition) is 1. The fraction of sp³-hybridized carbons (Fsp3) is 0.800. The molecule has 1 N–H and O–H groups in total. The Hall–Kier alpha value is 0.240. The van der Waals surface area contributed by atoms with Gasteiger partial charge in [-0.15, -0.1) is 0 Å². The molecule has 1 unspecified atom stereocenters. The summed E-state index contributed by atoms with van der Waals surface area (Å²) in [7, 11) is 0. The molecule has 0 radical (unpaired) electrons. The highest BCUT2D eigenvalue weighted by Gasteiger charge is 2.22. The van der Waals surface area contributed by atoms with Crippen molar-refractivity contribution in [1.82, 2.24) is 4.90 Å². The molecule has 0 aromatic heterocycles. The maximum Gasteiger partial charge on any atom is 0.0541 e. The Bertz CT molecular complexity index is 198.